The third kappa shape index (κ3) is 2.63. The number of hydrogen-bond donors (Lipinski definition) is 1. The molecule has 0 amide bonds. The molecule has 2 fully saturated rings. The zero-order chi connectivity index (χ0) is 12.4. The summed E-state index contributed by atoms with van der Waals surface area (Å²) in [6.45, 7) is 2.47. The van der Waals surface area contributed by atoms with Crippen molar-refractivity contribution in [1.29, 1.82) is 0 Å². The molecular weight excluding hydrogens is 240 g/mol. The molecular formula is C15H24N2S. The number of rotatable bonds is 4. The van der Waals surface area contributed by atoms with E-state index in [1.165, 1.54) is 38.6 Å². The van der Waals surface area contributed by atoms with Crippen molar-refractivity contribution < 1.29 is 0 Å². The molecule has 2 aliphatic rings. The van der Waals surface area contributed by atoms with E-state index in [1.54, 1.807) is 5.56 Å². The molecule has 2 atom stereocenters. The van der Waals surface area contributed by atoms with Gasteiger partial charge in [0.1, 0.15) is 0 Å². The summed E-state index contributed by atoms with van der Waals surface area (Å²) in [4.78, 5) is 2.82. The molecule has 1 N–H and O–H groups in total. The summed E-state index contributed by atoms with van der Waals surface area (Å²) in [5.41, 5.74) is 1.56. The highest BCUT2D eigenvalue weighted by Crippen LogP contribution is 2.42. The molecule has 1 aliphatic heterocycles. The highest BCUT2D eigenvalue weighted by atomic mass is 32.1. The van der Waals surface area contributed by atoms with Gasteiger partial charge in [0.25, 0.3) is 0 Å². The van der Waals surface area contributed by atoms with E-state index in [9.17, 15) is 0 Å². The Hall–Kier alpha value is -0.380. The lowest BCUT2D eigenvalue weighted by Crippen LogP contribution is -2.37. The molecule has 0 radical (unpaired) electrons. The number of nitrogens with one attached hydrogen (secondary N) is 1. The van der Waals surface area contributed by atoms with E-state index in [4.69, 9.17) is 0 Å². The van der Waals surface area contributed by atoms with Gasteiger partial charge in [0.2, 0.25) is 0 Å². The van der Waals surface area contributed by atoms with Crippen LogP contribution in [-0.2, 0) is 0 Å². The minimum atomic E-state index is 0.665. The van der Waals surface area contributed by atoms with Gasteiger partial charge >= 0.3 is 0 Å². The molecule has 2 nitrogen and oxygen atoms in total. The molecule has 0 aromatic carbocycles. The van der Waals surface area contributed by atoms with Crippen LogP contribution >= 0.6 is 11.3 Å². The zero-order valence-corrected chi connectivity index (χ0v) is 12.1. The first-order chi connectivity index (χ1) is 8.90. The Bertz CT molecular complexity index is 359. The van der Waals surface area contributed by atoms with Gasteiger partial charge in [0.15, 0.2) is 0 Å². The van der Waals surface area contributed by atoms with Crippen LogP contribution < -0.4 is 5.32 Å². The van der Waals surface area contributed by atoms with Crippen LogP contribution in [-0.4, -0.2) is 31.1 Å². The lowest BCUT2D eigenvalue weighted by atomic mass is 9.90. The Balaban J connectivity index is 1.86. The third-order valence-electron chi connectivity index (χ3n) is 4.41. The molecule has 18 heavy (non-hydrogen) atoms. The quantitative estimate of drug-likeness (QED) is 0.898. The van der Waals surface area contributed by atoms with Crippen molar-refractivity contribution in [3.8, 4) is 0 Å². The molecule has 1 aromatic rings. The molecule has 1 aliphatic carbocycles. The van der Waals surface area contributed by atoms with Crippen LogP contribution in [0.1, 0.15) is 43.7 Å². The maximum atomic E-state index is 3.41. The summed E-state index contributed by atoms with van der Waals surface area (Å²) in [6, 6.07) is 3.89. The molecule has 2 unspecified atom stereocenters. The summed E-state index contributed by atoms with van der Waals surface area (Å²) >= 11 is 1.85. The van der Waals surface area contributed by atoms with E-state index >= 15 is 0 Å². The van der Waals surface area contributed by atoms with E-state index in [1.807, 2.05) is 11.3 Å². The van der Waals surface area contributed by atoms with Crippen LogP contribution in [0, 0.1) is 5.92 Å². The smallest absolute Gasteiger partial charge is 0.0399 e. The second kappa shape index (κ2) is 5.72. The van der Waals surface area contributed by atoms with Gasteiger partial charge in [-0.2, -0.15) is 11.3 Å². The predicted molar refractivity (Wildman–Crippen MR) is 78.1 cm³/mol. The molecule has 1 saturated carbocycles. The van der Waals surface area contributed by atoms with Gasteiger partial charge < -0.3 is 5.32 Å². The normalized spacial score (nSPS) is 30.3. The minimum absolute atomic E-state index is 0.665. The molecule has 0 bridgehead atoms. The second-order valence-electron chi connectivity index (χ2n) is 5.78. The maximum absolute atomic E-state index is 3.41. The van der Waals surface area contributed by atoms with E-state index in [2.05, 4.69) is 34.1 Å². The van der Waals surface area contributed by atoms with Gasteiger partial charge in [0, 0.05) is 12.1 Å². The van der Waals surface area contributed by atoms with Gasteiger partial charge in [-0.3, -0.25) is 4.90 Å². The number of likely N-dealkylation sites (tertiary alicyclic amines) is 1. The second-order valence-corrected chi connectivity index (χ2v) is 6.56. The number of hydrogen-bond acceptors (Lipinski definition) is 3. The fourth-order valence-corrected chi connectivity index (χ4v) is 4.16. The van der Waals surface area contributed by atoms with Crippen LogP contribution in [0.5, 0.6) is 0 Å². The number of nitrogens with zero attached hydrogens (tertiary/aromatic N) is 1. The Morgan fingerprint density at radius 2 is 2.22 bits per heavy atom. The van der Waals surface area contributed by atoms with Crippen LogP contribution in [0.4, 0.5) is 0 Å². The minimum Gasteiger partial charge on any atom is -0.319 e. The van der Waals surface area contributed by atoms with Gasteiger partial charge in [0.05, 0.1) is 0 Å². The maximum Gasteiger partial charge on any atom is 0.0399 e. The first-order valence-electron chi connectivity index (χ1n) is 7.32. The molecule has 3 rings (SSSR count). The molecule has 3 heteroatoms. The Morgan fingerprint density at radius 1 is 1.33 bits per heavy atom. The predicted octanol–water partition coefficient (Wildman–Crippen LogP) is 3.27. The summed E-state index contributed by atoms with van der Waals surface area (Å²) in [5, 5.41) is 8.02. The van der Waals surface area contributed by atoms with Crippen molar-refractivity contribution in [2.45, 2.75) is 44.2 Å². The van der Waals surface area contributed by atoms with Crippen molar-refractivity contribution >= 4 is 11.3 Å². The van der Waals surface area contributed by atoms with Crippen LogP contribution in [0.3, 0.4) is 0 Å². The first kappa shape index (κ1) is 12.6. The van der Waals surface area contributed by atoms with Crippen LogP contribution in [0.25, 0.3) is 0 Å². The van der Waals surface area contributed by atoms with E-state index in [0.717, 1.165) is 18.5 Å². The Labute approximate surface area is 114 Å². The zero-order valence-electron chi connectivity index (χ0n) is 11.3. The molecule has 100 valence electrons. The summed E-state index contributed by atoms with van der Waals surface area (Å²) in [6.07, 6.45) is 7.01. The van der Waals surface area contributed by atoms with Crippen LogP contribution in [0.15, 0.2) is 16.8 Å². The lowest BCUT2D eigenvalue weighted by molar-refractivity contribution is 0.146. The molecule has 0 spiro atoms. The van der Waals surface area contributed by atoms with Gasteiger partial charge in [-0.1, -0.05) is 6.42 Å². The highest BCUT2D eigenvalue weighted by Gasteiger charge is 2.39. The average Bonchev–Trinajstić information content (AvgIpc) is 3.12. The Morgan fingerprint density at radius 3 is 2.89 bits per heavy atom. The standard InChI is InChI=1S/C15H24N2S/c1-16-10-12-4-2-3-8-17(14-5-6-14)15(12)13-7-9-18-11-13/h7,9,11-12,14-16H,2-6,8,10H2,1H3. The largest absolute Gasteiger partial charge is 0.319 e. The third-order valence-corrected chi connectivity index (χ3v) is 5.11. The fraction of sp³-hybridized carbons (Fsp3) is 0.733. The van der Waals surface area contributed by atoms with Gasteiger partial charge in [-0.25, -0.2) is 0 Å². The number of thiophene rings is 1. The van der Waals surface area contributed by atoms with E-state index in [0.29, 0.717) is 6.04 Å². The monoisotopic (exact) mass is 264 g/mol. The first-order valence-corrected chi connectivity index (χ1v) is 8.27. The Kier molecular flexibility index (Phi) is 4.02. The summed E-state index contributed by atoms with van der Waals surface area (Å²) < 4.78 is 0. The average molecular weight is 264 g/mol. The van der Waals surface area contributed by atoms with Gasteiger partial charge in [-0.05, 0) is 74.1 Å². The lowest BCUT2D eigenvalue weighted by Gasteiger charge is -2.35. The van der Waals surface area contributed by atoms with Crippen molar-refractivity contribution in [3.05, 3.63) is 22.4 Å². The molecule has 2 heterocycles. The summed E-state index contributed by atoms with van der Waals surface area (Å²) in [7, 11) is 2.09. The topological polar surface area (TPSA) is 15.3 Å². The van der Waals surface area contributed by atoms with Crippen molar-refractivity contribution in [2.24, 2.45) is 5.92 Å². The van der Waals surface area contributed by atoms with Crippen molar-refractivity contribution in [1.82, 2.24) is 10.2 Å². The highest BCUT2D eigenvalue weighted by molar-refractivity contribution is 7.07. The molecule has 1 aromatic heterocycles. The summed E-state index contributed by atoms with van der Waals surface area (Å²) in [5.74, 6) is 0.785. The van der Waals surface area contributed by atoms with E-state index in [-0.39, 0.29) is 0 Å². The fourth-order valence-electron chi connectivity index (χ4n) is 3.47. The molecule has 1 saturated heterocycles. The van der Waals surface area contributed by atoms with Crippen LogP contribution in [0.2, 0.25) is 0 Å². The SMILES string of the molecule is CNCC1CCCCN(C2CC2)C1c1ccsc1. The van der Waals surface area contributed by atoms with E-state index < -0.39 is 0 Å². The van der Waals surface area contributed by atoms with Gasteiger partial charge in [-0.15, -0.1) is 0 Å². The van der Waals surface area contributed by atoms with Crippen molar-refractivity contribution in [3.63, 3.8) is 0 Å². The van der Waals surface area contributed by atoms with Crippen molar-refractivity contribution in [2.75, 3.05) is 20.1 Å².